The summed E-state index contributed by atoms with van der Waals surface area (Å²) in [5.74, 6) is 0.205. The van der Waals surface area contributed by atoms with Crippen molar-refractivity contribution in [1.82, 2.24) is 19.7 Å². The number of para-hydroxylation sites is 1. The van der Waals surface area contributed by atoms with Gasteiger partial charge >= 0.3 is 0 Å². The van der Waals surface area contributed by atoms with Gasteiger partial charge in [0.05, 0.1) is 36.6 Å². The number of rotatable bonds is 6. The second-order valence-electron chi connectivity index (χ2n) is 8.31. The number of nitrogens with zero attached hydrogens (tertiary/aromatic N) is 4. The lowest BCUT2D eigenvalue weighted by molar-refractivity contribution is -0.140. The number of fused-ring (bicyclic) bond motifs is 1. The average molecular weight is 380 g/mol. The number of pyridine rings is 1. The number of methoxy groups -OCH3 is 1. The van der Waals surface area contributed by atoms with Crippen molar-refractivity contribution < 1.29 is 9.47 Å². The molecule has 6 heteroatoms. The lowest BCUT2D eigenvalue weighted by Crippen LogP contribution is -2.50. The summed E-state index contributed by atoms with van der Waals surface area (Å²) in [4.78, 5) is 8.83. The SMILES string of the molecule is CO[C@@H]1[C@@H](Cn2cncn2)[C@H](OCc2ccc3ccccc3n2)CCC1(C)C. The van der Waals surface area contributed by atoms with E-state index in [4.69, 9.17) is 14.5 Å². The van der Waals surface area contributed by atoms with Crippen molar-refractivity contribution in [2.24, 2.45) is 11.3 Å². The largest absolute Gasteiger partial charge is 0.380 e. The van der Waals surface area contributed by atoms with E-state index >= 15 is 0 Å². The van der Waals surface area contributed by atoms with Gasteiger partial charge in [0.1, 0.15) is 12.7 Å². The summed E-state index contributed by atoms with van der Waals surface area (Å²) >= 11 is 0. The zero-order chi connectivity index (χ0) is 19.6. The van der Waals surface area contributed by atoms with Crippen LogP contribution < -0.4 is 0 Å². The molecule has 3 aromatic rings. The molecule has 3 atom stereocenters. The lowest BCUT2D eigenvalue weighted by atomic mass is 9.68. The fourth-order valence-electron chi connectivity index (χ4n) is 4.48. The summed E-state index contributed by atoms with van der Waals surface area (Å²) in [5, 5.41) is 5.44. The monoisotopic (exact) mass is 380 g/mol. The fraction of sp³-hybridized carbons (Fsp3) is 0.500. The van der Waals surface area contributed by atoms with Gasteiger partial charge in [0, 0.05) is 18.4 Å². The first-order valence-electron chi connectivity index (χ1n) is 9.88. The normalized spacial score (nSPS) is 24.5. The van der Waals surface area contributed by atoms with Crippen molar-refractivity contribution in [3.05, 3.63) is 54.7 Å². The van der Waals surface area contributed by atoms with E-state index in [2.05, 4.69) is 42.1 Å². The van der Waals surface area contributed by atoms with Crippen LogP contribution in [0.1, 0.15) is 32.4 Å². The molecule has 1 aliphatic rings. The molecular weight excluding hydrogens is 352 g/mol. The van der Waals surface area contributed by atoms with E-state index in [1.165, 1.54) is 0 Å². The van der Waals surface area contributed by atoms with Gasteiger partial charge in [-0.15, -0.1) is 0 Å². The Morgan fingerprint density at radius 2 is 2.04 bits per heavy atom. The van der Waals surface area contributed by atoms with Crippen molar-refractivity contribution in [3.8, 4) is 0 Å². The minimum atomic E-state index is 0.0930. The standard InChI is InChI=1S/C22H28N4O2/c1-22(2)11-10-20(18(21(22)27-3)12-26-15-23-14-24-26)28-13-17-9-8-16-6-4-5-7-19(16)25-17/h4-9,14-15,18,20-21H,10-13H2,1-3H3/t18-,20+,21+/m0/s1. The second kappa shape index (κ2) is 7.97. The van der Waals surface area contributed by atoms with Gasteiger partial charge in [-0.1, -0.05) is 38.1 Å². The molecule has 0 bridgehead atoms. The third kappa shape index (κ3) is 3.93. The molecule has 28 heavy (non-hydrogen) atoms. The summed E-state index contributed by atoms with van der Waals surface area (Å²) in [6.07, 6.45) is 5.59. The van der Waals surface area contributed by atoms with Crippen molar-refractivity contribution >= 4 is 10.9 Å². The van der Waals surface area contributed by atoms with Gasteiger partial charge in [0.15, 0.2) is 0 Å². The molecule has 0 amide bonds. The topological polar surface area (TPSA) is 62.1 Å². The van der Waals surface area contributed by atoms with Crippen molar-refractivity contribution in [1.29, 1.82) is 0 Å². The first-order chi connectivity index (χ1) is 13.6. The molecule has 1 saturated carbocycles. The Labute approximate surface area is 165 Å². The molecule has 0 unspecified atom stereocenters. The van der Waals surface area contributed by atoms with Crippen molar-refractivity contribution in [3.63, 3.8) is 0 Å². The second-order valence-corrected chi connectivity index (χ2v) is 8.31. The Morgan fingerprint density at radius 1 is 1.18 bits per heavy atom. The van der Waals surface area contributed by atoms with Crippen LogP contribution in [0, 0.1) is 11.3 Å². The van der Waals surface area contributed by atoms with E-state index in [0.29, 0.717) is 6.61 Å². The average Bonchev–Trinajstić information content (AvgIpc) is 3.20. The smallest absolute Gasteiger partial charge is 0.137 e. The van der Waals surface area contributed by atoms with E-state index in [9.17, 15) is 0 Å². The lowest BCUT2D eigenvalue weighted by Gasteiger charge is -2.46. The van der Waals surface area contributed by atoms with Gasteiger partial charge < -0.3 is 9.47 Å². The van der Waals surface area contributed by atoms with Crippen LogP contribution in [0.15, 0.2) is 49.1 Å². The fourth-order valence-corrected chi connectivity index (χ4v) is 4.48. The number of benzene rings is 1. The zero-order valence-electron chi connectivity index (χ0n) is 16.8. The van der Waals surface area contributed by atoms with E-state index < -0.39 is 0 Å². The molecule has 0 radical (unpaired) electrons. The molecule has 1 aromatic carbocycles. The maximum absolute atomic E-state index is 6.40. The molecule has 2 heterocycles. The quantitative estimate of drug-likeness (QED) is 0.650. The minimum Gasteiger partial charge on any atom is -0.380 e. The highest BCUT2D eigenvalue weighted by Crippen LogP contribution is 2.42. The molecule has 4 rings (SSSR count). The van der Waals surface area contributed by atoms with Crippen molar-refractivity contribution in [2.75, 3.05) is 7.11 Å². The predicted octanol–water partition coefficient (Wildman–Crippen LogP) is 3.86. The van der Waals surface area contributed by atoms with Crippen LogP contribution in [-0.2, 0) is 22.6 Å². The molecular formula is C22H28N4O2. The van der Waals surface area contributed by atoms with Crippen LogP contribution in [0.3, 0.4) is 0 Å². The van der Waals surface area contributed by atoms with E-state index in [-0.39, 0.29) is 23.5 Å². The van der Waals surface area contributed by atoms with Gasteiger partial charge in [0.2, 0.25) is 0 Å². The van der Waals surface area contributed by atoms with Gasteiger partial charge in [-0.05, 0) is 30.4 Å². The van der Waals surface area contributed by atoms with E-state index in [0.717, 1.165) is 36.0 Å². The van der Waals surface area contributed by atoms with Gasteiger partial charge in [0.25, 0.3) is 0 Å². The predicted molar refractivity (Wildman–Crippen MR) is 108 cm³/mol. The Balaban J connectivity index is 1.51. The first kappa shape index (κ1) is 19.0. The molecule has 0 spiro atoms. The highest BCUT2D eigenvalue weighted by molar-refractivity contribution is 5.78. The van der Waals surface area contributed by atoms with Crippen LogP contribution in [0.5, 0.6) is 0 Å². The highest BCUT2D eigenvalue weighted by Gasteiger charge is 2.45. The van der Waals surface area contributed by atoms with Gasteiger partial charge in [-0.25, -0.2) is 4.98 Å². The van der Waals surface area contributed by atoms with Crippen LogP contribution in [0.2, 0.25) is 0 Å². The van der Waals surface area contributed by atoms with Gasteiger partial charge in [-0.3, -0.25) is 9.67 Å². The van der Waals surface area contributed by atoms with Crippen LogP contribution >= 0.6 is 0 Å². The molecule has 0 aliphatic heterocycles. The Morgan fingerprint density at radius 3 is 2.82 bits per heavy atom. The van der Waals surface area contributed by atoms with Gasteiger partial charge in [-0.2, -0.15) is 5.10 Å². The number of hydrogen-bond acceptors (Lipinski definition) is 5. The summed E-state index contributed by atoms with van der Waals surface area (Å²) in [5.41, 5.74) is 2.06. The molecule has 1 aliphatic carbocycles. The third-order valence-electron chi connectivity index (χ3n) is 5.93. The molecule has 1 fully saturated rings. The first-order valence-corrected chi connectivity index (χ1v) is 9.88. The van der Waals surface area contributed by atoms with Crippen LogP contribution in [-0.4, -0.2) is 39.1 Å². The zero-order valence-corrected chi connectivity index (χ0v) is 16.8. The Kier molecular flexibility index (Phi) is 5.42. The maximum atomic E-state index is 6.40. The van der Waals surface area contributed by atoms with Crippen molar-refractivity contribution in [2.45, 2.75) is 52.0 Å². The van der Waals surface area contributed by atoms with Crippen LogP contribution in [0.25, 0.3) is 10.9 Å². The number of hydrogen-bond donors (Lipinski definition) is 0. The molecule has 0 N–H and O–H groups in total. The Hall–Kier alpha value is -2.31. The molecule has 2 aromatic heterocycles. The molecule has 0 saturated heterocycles. The third-order valence-corrected chi connectivity index (χ3v) is 5.93. The summed E-state index contributed by atoms with van der Waals surface area (Å²) < 4.78 is 14.2. The summed E-state index contributed by atoms with van der Waals surface area (Å²) in [7, 11) is 1.80. The molecule has 6 nitrogen and oxygen atoms in total. The number of aromatic nitrogens is 4. The summed E-state index contributed by atoms with van der Waals surface area (Å²) in [6.45, 7) is 5.78. The van der Waals surface area contributed by atoms with E-state index in [1.54, 1.807) is 19.8 Å². The number of ether oxygens (including phenoxy) is 2. The minimum absolute atomic E-state index is 0.0930. The maximum Gasteiger partial charge on any atom is 0.137 e. The van der Waals surface area contributed by atoms with Crippen LogP contribution in [0.4, 0.5) is 0 Å². The summed E-state index contributed by atoms with van der Waals surface area (Å²) in [6, 6.07) is 12.3. The van der Waals surface area contributed by atoms with E-state index in [1.807, 2.05) is 22.9 Å². The highest BCUT2D eigenvalue weighted by atomic mass is 16.5. The molecule has 148 valence electrons. The Bertz CT molecular complexity index is 910.